The molecule has 0 radical (unpaired) electrons. The Morgan fingerprint density at radius 2 is 1.79 bits per heavy atom. The second-order valence-electron chi connectivity index (χ2n) is 5.06. The van der Waals surface area contributed by atoms with Crippen LogP contribution < -0.4 is 4.72 Å². The lowest BCUT2D eigenvalue weighted by Gasteiger charge is -2.03. The van der Waals surface area contributed by atoms with E-state index in [4.69, 9.17) is 4.74 Å². The average molecular weight is 345 g/mol. The Morgan fingerprint density at radius 3 is 2.50 bits per heavy atom. The molecular weight excluding hydrogens is 326 g/mol. The quantitative estimate of drug-likeness (QED) is 0.589. The van der Waals surface area contributed by atoms with Crippen LogP contribution in [0.2, 0.25) is 0 Å². The van der Waals surface area contributed by atoms with Crippen LogP contribution in [0.4, 0.5) is 0 Å². The van der Waals surface area contributed by atoms with Crippen molar-refractivity contribution in [3.63, 3.8) is 0 Å². The van der Waals surface area contributed by atoms with Gasteiger partial charge in [0.15, 0.2) is 5.78 Å². The standard InChI is InChI=1S/C18H19NO4S/c1-23-12-11-19-24(21,22)13-10-15-6-5-9-17(14-15)18(20)16-7-3-2-4-8-16/h2-10,13-14,19H,11-12H2,1H3/b13-10+. The zero-order valence-corrected chi connectivity index (χ0v) is 14.1. The second-order valence-corrected chi connectivity index (χ2v) is 6.71. The first-order chi connectivity index (χ1) is 11.5. The molecule has 5 nitrogen and oxygen atoms in total. The number of carbonyl (C=O) groups is 1. The molecule has 2 aromatic carbocycles. The minimum absolute atomic E-state index is 0.105. The van der Waals surface area contributed by atoms with Gasteiger partial charge in [-0.05, 0) is 17.7 Å². The molecule has 0 fully saturated rings. The number of ether oxygens (including phenoxy) is 1. The highest BCUT2D eigenvalue weighted by molar-refractivity contribution is 7.92. The fourth-order valence-corrected chi connectivity index (χ4v) is 2.84. The Hall–Kier alpha value is -2.28. The number of hydrogen-bond donors (Lipinski definition) is 1. The number of benzene rings is 2. The lowest BCUT2D eigenvalue weighted by Crippen LogP contribution is -2.25. The van der Waals surface area contributed by atoms with Crippen molar-refractivity contribution in [2.24, 2.45) is 0 Å². The summed E-state index contributed by atoms with van der Waals surface area (Å²) in [4.78, 5) is 12.4. The smallest absolute Gasteiger partial charge is 0.233 e. The number of sulfonamides is 1. The molecule has 0 saturated heterocycles. The first-order valence-corrected chi connectivity index (χ1v) is 8.93. The van der Waals surface area contributed by atoms with Gasteiger partial charge in [-0.15, -0.1) is 0 Å². The van der Waals surface area contributed by atoms with Crippen molar-refractivity contribution >= 4 is 21.9 Å². The molecule has 0 atom stereocenters. The average Bonchev–Trinajstić information content (AvgIpc) is 2.61. The summed E-state index contributed by atoms with van der Waals surface area (Å²) in [6.45, 7) is 0.504. The summed E-state index contributed by atoms with van der Waals surface area (Å²) < 4.78 is 30.8. The van der Waals surface area contributed by atoms with Gasteiger partial charge in [-0.25, -0.2) is 13.1 Å². The molecule has 0 aliphatic rings. The summed E-state index contributed by atoms with van der Waals surface area (Å²) in [6, 6.07) is 15.8. The summed E-state index contributed by atoms with van der Waals surface area (Å²) >= 11 is 0. The van der Waals surface area contributed by atoms with E-state index >= 15 is 0 Å². The highest BCUT2D eigenvalue weighted by Crippen LogP contribution is 2.13. The number of ketones is 1. The van der Waals surface area contributed by atoms with E-state index in [0.29, 0.717) is 23.3 Å². The third-order valence-electron chi connectivity index (χ3n) is 3.23. The van der Waals surface area contributed by atoms with Gasteiger partial charge in [0.1, 0.15) is 0 Å². The van der Waals surface area contributed by atoms with Crippen LogP contribution in [0.15, 0.2) is 60.0 Å². The highest BCUT2D eigenvalue weighted by Gasteiger charge is 2.09. The van der Waals surface area contributed by atoms with E-state index in [0.717, 1.165) is 5.41 Å². The summed E-state index contributed by atoms with van der Waals surface area (Å²) in [5.74, 6) is -0.105. The van der Waals surface area contributed by atoms with Crippen molar-refractivity contribution in [2.75, 3.05) is 20.3 Å². The van der Waals surface area contributed by atoms with Crippen LogP contribution in [0.1, 0.15) is 21.5 Å². The molecule has 126 valence electrons. The van der Waals surface area contributed by atoms with E-state index in [1.54, 1.807) is 48.5 Å². The molecule has 0 bridgehead atoms. The zero-order chi connectivity index (χ0) is 17.4. The molecule has 24 heavy (non-hydrogen) atoms. The van der Waals surface area contributed by atoms with E-state index in [1.165, 1.54) is 13.2 Å². The fourth-order valence-electron chi connectivity index (χ4n) is 2.04. The normalized spacial score (nSPS) is 11.7. The molecule has 0 aromatic heterocycles. The molecule has 2 aromatic rings. The second kappa shape index (κ2) is 8.54. The van der Waals surface area contributed by atoms with Gasteiger partial charge in [-0.1, -0.05) is 48.5 Å². The minimum atomic E-state index is -3.53. The summed E-state index contributed by atoms with van der Waals surface area (Å²) in [7, 11) is -2.03. The number of carbonyl (C=O) groups excluding carboxylic acids is 1. The molecule has 0 aliphatic carbocycles. The summed E-state index contributed by atoms with van der Waals surface area (Å²) in [5, 5.41) is 1.08. The molecule has 0 spiro atoms. The third-order valence-corrected chi connectivity index (χ3v) is 4.33. The number of rotatable bonds is 8. The Morgan fingerprint density at radius 1 is 1.08 bits per heavy atom. The predicted molar refractivity (Wildman–Crippen MR) is 94.1 cm³/mol. The van der Waals surface area contributed by atoms with Crippen LogP contribution in [0, 0.1) is 0 Å². The third kappa shape index (κ3) is 5.42. The van der Waals surface area contributed by atoms with E-state index in [2.05, 4.69) is 4.72 Å². The van der Waals surface area contributed by atoms with Crippen molar-refractivity contribution < 1.29 is 17.9 Å². The molecule has 6 heteroatoms. The Balaban J connectivity index is 2.13. The van der Waals surface area contributed by atoms with Gasteiger partial charge in [0, 0.05) is 30.2 Å². The first-order valence-electron chi connectivity index (χ1n) is 7.38. The molecule has 0 amide bonds. The van der Waals surface area contributed by atoms with Crippen molar-refractivity contribution in [3.05, 3.63) is 76.7 Å². The van der Waals surface area contributed by atoms with E-state index in [1.807, 2.05) is 6.07 Å². The molecule has 0 aliphatic heterocycles. The molecule has 0 heterocycles. The number of hydrogen-bond acceptors (Lipinski definition) is 4. The van der Waals surface area contributed by atoms with Gasteiger partial charge in [0.05, 0.1) is 6.61 Å². The Labute approximate surface area is 142 Å². The maximum atomic E-state index is 12.4. The van der Waals surface area contributed by atoms with Crippen LogP contribution in [0.5, 0.6) is 0 Å². The number of methoxy groups -OCH3 is 1. The molecule has 0 saturated carbocycles. The zero-order valence-electron chi connectivity index (χ0n) is 13.3. The molecular formula is C18H19NO4S. The SMILES string of the molecule is COCCNS(=O)(=O)/C=C/c1cccc(C(=O)c2ccccc2)c1. The minimum Gasteiger partial charge on any atom is -0.383 e. The van der Waals surface area contributed by atoms with Crippen LogP contribution in [0.3, 0.4) is 0 Å². The van der Waals surface area contributed by atoms with Gasteiger partial charge in [-0.3, -0.25) is 4.79 Å². The largest absolute Gasteiger partial charge is 0.383 e. The Bertz CT molecular complexity index is 814. The van der Waals surface area contributed by atoms with Gasteiger partial charge < -0.3 is 4.74 Å². The van der Waals surface area contributed by atoms with E-state index in [-0.39, 0.29) is 12.3 Å². The van der Waals surface area contributed by atoms with E-state index < -0.39 is 10.0 Å². The van der Waals surface area contributed by atoms with Gasteiger partial charge in [0.25, 0.3) is 0 Å². The van der Waals surface area contributed by atoms with E-state index in [9.17, 15) is 13.2 Å². The maximum Gasteiger partial charge on any atom is 0.233 e. The lowest BCUT2D eigenvalue weighted by molar-refractivity contribution is 0.103. The summed E-state index contributed by atoms with van der Waals surface area (Å²) in [5.41, 5.74) is 1.73. The topological polar surface area (TPSA) is 72.5 Å². The first kappa shape index (κ1) is 18.1. The Kier molecular flexibility index (Phi) is 6.43. The van der Waals surface area contributed by atoms with Crippen molar-refractivity contribution in [1.82, 2.24) is 4.72 Å². The maximum absolute atomic E-state index is 12.4. The van der Waals surface area contributed by atoms with Crippen molar-refractivity contribution in [2.45, 2.75) is 0 Å². The van der Waals surface area contributed by atoms with Gasteiger partial charge in [0.2, 0.25) is 10.0 Å². The number of nitrogens with one attached hydrogen (secondary N) is 1. The van der Waals surface area contributed by atoms with Gasteiger partial charge in [-0.2, -0.15) is 0 Å². The van der Waals surface area contributed by atoms with Crippen LogP contribution in [-0.2, 0) is 14.8 Å². The van der Waals surface area contributed by atoms with Gasteiger partial charge >= 0.3 is 0 Å². The van der Waals surface area contributed by atoms with Crippen molar-refractivity contribution in [3.8, 4) is 0 Å². The fraction of sp³-hybridized carbons (Fsp3) is 0.167. The molecule has 2 rings (SSSR count). The highest BCUT2D eigenvalue weighted by atomic mass is 32.2. The monoisotopic (exact) mass is 345 g/mol. The predicted octanol–water partition coefficient (Wildman–Crippen LogP) is 2.45. The molecule has 0 unspecified atom stereocenters. The van der Waals surface area contributed by atoms with Crippen LogP contribution in [-0.4, -0.2) is 34.5 Å². The molecule has 1 N–H and O–H groups in total. The van der Waals surface area contributed by atoms with Crippen molar-refractivity contribution in [1.29, 1.82) is 0 Å². The lowest BCUT2D eigenvalue weighted by atomic mass is 10.0. The summed E-state index contributed by atoms with van der Waals surface area (Å²) in [6.07, 6.45) is 1.46. The van der Waals surface area contributed by atoms with Crippen LogP contribution in [0.25, 0.3) is 6.08 Å². The van der Waals surface area contributed by atoms with Crippen LogP contribution >= 0.6 is 0 Å².